The summed E-state index contributed by atoms with van der Waals surface area (Å²) >= 11 is 0. The van der Waals surface area contributed by atoms with Crippen LogP contribution in [0.4, 0.5) is 14.5 Å². The maximum atomic E-state index is 13.3. The van der Waals surface area contributed by atoms with Crippen LogP contribution in [-0.2, 0) is 0 Å². The van der Waals surface area contributed by atoms with Crippen molar-refractivity contribution in [3.05, 3.63) is 33.9 Å². The van der Waals surface area contributed by atoms with Crippen LogP contribution in [0.5, 0.6) is 5.75 Å². The van der Waals surface area contributed by atoms with Crippen LogP contribution in [0.2, 0.25) is 0 Å². The standard InChI is InChI=1S/C12H15F2N3O3.2ClH/c13-12(14)11(16-5-3-15-4-6-16)9-7-8(17(19)20)1-2-10(9)18;;/h1-2,7,11-12,15,18H,3-6H2;2*1H/t11-;;/m0../s1. The normalized spacial score (nSPS) is 16.5. The highest BCUT2D eigenvalue weighted by Gasteiger charge is 2.33. The van der Waals surface area contributed by atoms with Gasteiger partial charge in [-0.05, 0) is 6.07 Å². The maximum absolute atomic E-state index is 13.3. The Labute approximate surface area is 138 Å². The Kier molecular flexibility index (Phi) is 8.54. The van der Waals surface area contributed by atoms with Crippen LogP contribution >= 0.6 is 24.8 Å². The number of hydrogen-bond acceptors (Lipinski definition) is 5. The molecule has 1 aliphatic heterocycles. The minimum atomic E-state index is -2.74. The first-order valence-electron chi connectivity index (χ1n) is 6.21. The molecule has 1 aliphatic rings. The van der Waals surface area contributed by atoms with Crippen molar-refractivity contribution in [1.82, 2.24) is 10.2 Å². The van der Waals surface area contributed by atoms with Gasteiger partial charge in [0.25, 0.3) is 12.1 Å². The van der Waals surface area contributed by atoms with Crippen molar-refractivity contribution >= 4 is 30.5 Å². The molecule has 1 heterocycles. The SMILES string of the molecule is Cl.Cl.O=[N+]([O-])c1ccc(O)c([C@@H](C(F)F)N2CCNCC2)c1. The second-order valence-corrected chi connectivity index (χ2v) is 4.57. The van der Waals surface area contributed by atoms with Crippen molar-refractivity contribution in [3.63, 3.8) is 0 Å². The van der Waals surface area contributed by atoms with E-state index in [0.29, 0.717) is 26.2 Å². The number of hydrogen-bond donors (Lipinski definition) is 2. The Morgan fingerprint density at radius 1 is 1.27 bits per heavy atom. The lowest BCUT2D eigenvalue weighted by atomic mass is 10.0. The van der Waals surface area contributed by atoms with Crippen LogP contribution in [0.25, 0.3) is 0 Å². The van der Waals surface area contributed by atoms with E-state index >= 15 is 0 Å². The van der Waals surface area contributed by atoms with Gasteiger partial charge in [-0.25, -0.2) is 8.78 Å². The van der Waals surface area contributed by atoms with Gasteiger partial charge in [0.2, 0.25) is 0 Å². The molecule has 0 radical (unpaired) electrons. The molecule has 1 aromatic rings. The molecule has 0 aromatic heterocycles. The quantitative estimate of drug-likeness (QED) is 0.637. The van der Waals surface area contributed by atoms with Gasteiger partial charge in [0.05, 0.1) is 4.92 Å². The monoisotopic (exact) mass is 359 g/mol. The van der Waals surface area contributed by atoms with Gasteiger partial charge in [-0.15, -0.1) is 24.8 Å². The molecule has 0 spiro atoms. The van der Waals surface area contributed by atoms with Crippen molar-refractivity contribution in [2.24, 2.45) is 0 Å². The second kappa shape index (κ2) is 9.04. The lowest BCUT2D eigenvalue weighted by molar-refractivity contribution is -0.385. The number of nitro benzene ring substituents is 1. The highest BCUT2D eigenvalue weighted by molar-refractivity contribution is 5.85. The van der Waals surface area contributed by atoms with Gasteiger partial charge in [0.1, 0.15) is 11.8 Å². The molecule has 6 nitrogen and oxygen atoms in total. The zero-order valence-corrected chi connectivity index (χ0v) is 13.1. The molecule has 2 N–H and O–H groups in total. The average Bonchev–Trinajstić information content (AvgIpc) is 2.41. The minimum absolute atomic E-state index is 0. The predicted octanol–water partition coefficient (Wildman–Crippen LogP) is 2.36. The molecule has 1 saturated heterocycles. The van der Waals surface area contributed by atoms with Crippen molar-refractivity contribution in [1.29, 1.82) is 0 Å². The summed E-state index contributed by atoms with van der Waals surface area (Å²) in [6.07, 6.45) is -2.74. The van der Waals surface area contributed by atoms with E-state index in [2.05, 4.69) is 5.32 Å². The van der Waals surface area contributed by atoms with E-state index in [4.69, 9.17) is 0 Å². The van der Waals surface area contributed by atoms with E-state index in [1.807, 2.05) is 0 Å². The van der Waals surface area contributed by atoms with E-state index in [0.717, 1.165) is 18.2 Å². The summed E-state index contributed by atoms with van der Waals surface area (Å²) in [5, 5.41) is 23.6. The number of nitrogens with zero attached hydrogens (tertiary/aromatic N) is 2. The third-order valence-corrected chi connectivity index (χ3v) is 3.32. The Balaban J connectivity index is 0.00000220. The number of alkyl halides is 2. The van der Waals surface area contributed by atoms with Crippen LogP contribution in [-0.4, -0.2) is 47.5 Å². The van der Waals surface area contributed by atoms with Gasteiger partial charge in [-0.3, -0.25) is 15.0 Å². The second-order valence-electron chi connectivity index (χ2n) is 4.57. The van der Waals surface area contributed by atoms with Crippen LogP contribution in [0.1, 0.15) is 11.6 Å². The molecule has 0 bridgehead atoms. The number of nitrogens with one attached hydrogen (secondary N) is 1. The molecule has 1 atom stereocenters. The van der Waals surface area contributed by atoms with Gasteiger partial charge in [0, 0.05) is 43.9 Å². The zero-order chi connectivity index (χ0) is 14.7. The zero-order valence-electron chi connectivity index (χ0n) is 11.4. The van der Waals surface area contributed by atoms with Crippen LogP contribution in [0.15, 0.2) is 18.2 Å². The number of phenols is 1. The van der Waals surface area contributed by atoms with Crippen LogP contribution < -0.4 is 5.32 Å². The number of phenolic OH excluding ortho intramolecular Hbond substituents is 1. The average molecular weight is 360 g/mol. The molecule has 126 valence electrons. The van der Waals surface area contributed by atoms with Crippen LogP contribution in [0.3, 0.4) is 0 Å². The maximum Gasteiger partial charge on any atom is 0.270 e. The minimum Gasteiger partial charge on any atom is -0.508 e. The molecular formula is C12H17Cl2F2N3O3. The summed E-state index contributed by atoms with van der Waals surface area (Å²) in [5.41, 5.74) is -0.408. The number of piperazine rings is 1. The molecule has 0 aliphatic carbocycles. The summed E-state index contributed by atoms with van der Waals surface area (Å²) in [7, 11) is 0. The first-order valence-corrected chi connectivity index (χ1v) is 6.21. The summed E-state index contributed by atoms with van der Waals surface area (Å²) in [6, 6.07) is 1.87. The van der Waals surface area contributed by atoms with E-state index < -0.39 is 17.4 Å². The molecule has 22 heavy (non-hydrogen) atoms. The fourth-order valence-corrected chi connectivity index (χ4v) is 2.34. The lowest BCUT2D eigenvalue weighted by Crippen LogP contribution is -2.46. The topological polar surface area (TPSA) is 78.6 Å². The van der Waals surface area contributed by atoms with Gasteiger partial charge in [-0.2, -0.15) is 0 Å². The molecule has 1 aromatic carbocycles. The molecule has 10 heteroatoms. The predicted molar refractivity (Wildman–Crippen MR) is 82.4 cm³/mol. The fourth-order valence-electron chi connectivity index (χ4n) is 2.34. The number of non-ortho nitro benzene ring substituents is 1. The number of nitro groups is 1. The molecule has 0 saturated carbocycles. The third-order valence-electron chi connectivity index (χ3n) is 3.32. The molecule has 0 amide bonds. The van der Waals surface area contributed by atoms with Crippen molar-refractivity contribution < 1.29 is 18.8 Å². The smallest absolute Gasteiger partial charge is 0.270 e. The highest BCUT2D eigenvalue weighted by atomic mass is 35.5. The Morgan fingerprint density at radius 2 is 1.86 bits per heavy atom. The Bertz CT molecular complexity index is 503. The molecule has 1 fully saturated rings. The first-order chi connectivity index (χ1) is 9.50. The molecular weight excluding hydrogens is 343 g/mol. The summed E-state index contributed by atoms with van der Waals surface area (Å²) in [6.45, 7) is 1.94. The number of halogens is 4. The first kappa shape index (κ1) is 20.8. The summed E-state index contributed by atoms with van der Waals surface area (Å²) in [5.74, 6) is -0.348. The van der Waals surface area contributed by atoms with E-state index in [1.54, 1.807) is 0 Å². The third kappa shape index (κ3) is 4.64. The van der Waals surface area contributed by atoms with Crippen molar-refractivity contribution in [3.8, 4) is 5.75 Å². The Hall–Kier alpha value is -1.22. The lowest BCUT2D eigenvalue weighted by Gasteiger charge is -2.34. The van der Waals surface area contributed by atoms with Crippen molar-refractivity contribution in [2.75, 3.05) is 26.2 Å². The van der Waals surface area contributed by atoms with Gasteiger partial charge >= 0.3 is 0 Å². The highest BCUT2D eigenvalue weighted by Crippen LogP contribution is 2.35. The number of aromatic hydroxyl groups is 1. The largest absolute Gasteiger partial charge is 0.508 e. The van der Waals surface area contributed by atoms with E-state index in [1.165, 1.54) is 4.90 Å². The fraction of sp³-hybridized carbons (Fsp3) is 0.500. The van der Waals surface area contributed by atoms with Gasteiger partial charge in [-0.1, -0.05) is 0 Å². The summed E-state index contributed by atoms with van der Waals surface area (Å²) < 4.78 is 26.7. The number of rotatable bonds is 4. The van der Waals surface area contributed by atoms with Crippen molar-refractivity contribution in [2.45, 2.75) is 12.5 Å². The van der Waals surface area contributed by atoms with E-state index in [-0.39, 0.29) is 41.8 Å². The van der Waals surface area contributed by atoms with Gasteiger partial charge in [0.15, 0.2) is 0 Å². The Morgan fingerprint density at radius 3 is 2.36 bits per heavy atom. The van der Waals surface area contributed by atoms with Crippen LogP contribution in [0, 0.1) is 10.1 Å². The van der Waals surface area contributed by atoms with E-state index in [9.17, 15) is 24.0 Å². The van der Waals surface area contributed by atoms with Gasteiger partial charge < -0.3 is 10.4 Å². The molecule has 0 unspecified atom stereocenters. The number of benzene rings is 1. The molecule has 2 rings (SSSR count). The summed E-state index contributed by atoms with van der Waals surface area (Å²) in [4.78, 5) is 11.6.